The zero-order valence-electron chi connectivity index (χ0n) is 18.2. The van der Waals surface area contributed by atoms with Crippen LogP contribution in [0.5, 0.6) is 0 Å². The predicted octanol–water partition coefficient (Wildman–Crippen LogP) is 2.39. The first-order chi connectivity index (χ1) is 15.2. The summed E-state index contributed by atoms with van der Waals surface area (Å²) in [5.41, 5.74) is 1.55. The van der Waals surface area contributed by atoms with Crippen LogP contribution in [0.1, 0.15) is 50.8 Å². The fraction of sp³-hybridized carbons (Fsp3) is 0.619. The van der Waals surface area contributed by atoms with Crippen molar-refractivity contribution < 1.29 is 17.9 Å². The van der Waals surface area contributed by atoms with Crippen LogP contribution in [0.4, 0.5) is 0 Å². The Morgan fingerprint density at radius 3 is 2.69 bits per heavy atom. The minimum atomic E-state index is -3.78. The number of hydrogen-bond acceptors (Lipinski definition) is 7. The molecular formula is C21H28N4O5S2. The Bertz CT molecular complexity index is 1150. The molecule has 1 atom stereocenters. The van der Waals surface area contributed by atoms with E-state index in [2.05, 4.69) is 10.1 Å². The number of hydrogen-bond donors (Lipinski definition) is 1. The van der Waals surface area contributed by atoms with Gasteiger partial charge in [-0.2, -0.15) is 16.1 Å². The smallest absolute Gasteiger partial charge is 0.276 e. The van der Waals surface area contributed by atoms with E-state index in [1.54, 1.807) is 22.1 Å². The Balaban J connectivity index is 1.41. The van der Waals surface area contributed by atoms with Crippen LogP contribution in [-0.4, -0.2) is 58.6 Å². The largest absolute Gasteiger partial charge is 0.348 e. The highest BCUT2D eigenvalue weighted by Crippen LogP contribution is 2.32. The molecule has 11 heteroatoms. The fourth-order valence-electron chi connectivity index (χ4n) is 4.68. The Kier molecular flexibility index (Phi) is 5.73. The Hall–Kier alpha value is -1.66. The maximum atomic E-state index is 13.6. The van der Waals surface area contributed by atoms with E-state index in [0.717, 1.165) is 42.7 Å². The van der Waals surface area contributed by atoms with Crippen molar-refractivity contribution in [1.82, 2.24) is 19.1 Å². The van der Waals surface area contributed by atoms with Gasteiger partial charge in [0.05, 0.1) is 24.0 Å². The molecule has 1 aliphatic carbocycles. The van der Waals surface area contributed by atoms with Gasteiger partial charge in [0.15, 0.2) is 11.6 Å². The molecule has 2 aromatic rings. The second kappa shape index (κ2) is 8.28. The third-order valence-electron chi connectivity index (χ3n) is 6.30. The quantitative estimate of drug-likeness (QED) is 0.677. The summed E-state index contributed by atoms with van der Waals surface area (Å²) >= 11 is 1.69. The van der Waals surface area contributed by atoms with Gasteiger partial charge in [0, 0.05) is 30.3 Å². The molecule has 9 nitrogen and oxygen atoms in total. The molecule has 174 valence electrons. The lowest BCUT2D eigenvalue weighted by Crippen LogP contribution is -2.44. The summed E-state index contributed by atoms with van der Waals surface area (Å²) in [5.74, 6) is 1.13. The zero-order valence-corrected chi connectivity index (χ0v) is 19.9. The van der Waals surface area contributed by atoms with Gasteiger partial charge in [-0.05, 0) is 38.8 Å². The number of thioether (sulfide) groups is 1. The van der Waals surface area contributed by atoms with E-state index in [4.69, 9.17) is 9.47 Å². The number of fused-ring (bicyclic) bond motifs is 1. The number of ether oxygens (including phenoxy) is 2. The average molecular weight is 481 g/mol. The summed E-state index contributed by atoms with van der Waals surface area (Å²) in [7, 11) is -3.78. The first kappa shape index (κ1) is 22.1. The van der Waals surface area contributed by atoms with Gasteiger partial charge in [-0.1, -0.05) is 12.8 Å². The summed E-state index contributed by atoms with van der Waals surface area (Å²) in [6.45, 7) is 4.28. The molecule has 0 spiro atoms. The first-order valence-electron chi connectivity index (χ1n) is 11.0. The predicted molar refractivity (Wildman–Crippen MR) is 120 cm³/mol. The Labute approximate surface area is 191 Å². The van der Waals surface area contributed by atoms with Gasteiger partial charge in [-0.15, -0.1) is 0 Å². The molecule has 1 unspecified atom stereocenters. The molecule has 4 heterocycles. The number of sulfonamides is 1. The molecule has 1 N–H and O–H groups in total. The standard InChI is InChI=1S/C21H28N4O5S2/c1-21(2)29-11-15(30-21)10-24(14-5-3-4-6-14)32(27,28)16-7-8-19(22-9-16)25-20(26)17-12-31-13-18(17)23-25/h7-9,14-15,23H,3-6,10-13H2,1-2H3. The van der Waals surface area contributed by atoms with Crippen LogP contribution >= 0.6 is 11.8 Å². The van der Waals surface area contributed by atoms with Crippen molar-refractivity contribution in [1.29, 1.82) is 0 Å². The van der Waals surface area contributed by atoms with Crippen molar-refractivity contribution >= 4 is 21.8 Å². The molecule has 2 aromatic heterocycles. The highest BCUT2D eigenvalue weighted by molar-refractivity contribution is 7.98. The number of rotatable bonds is 6. The molecule has 3 aliphatic rings. The SMILES string of the molecule is CC1(C)OCC(CN(C2CCCC2)S(=O)(=O)c2ccc(-n3[nH]c4c(c3=O)CSC4)nc2)O1. The average Bonchev–Trinajstić information content (AvgIpc) is 3.53. The van der Waals surface area contributed by atoms with Crippen LogP contribution in [0, 0.1) is 0 Å². The molecule has 0 amide bonds. The molecule has 0 aromatic carbocycles. The minimum Gasteiger partial charge on any atom is -0.348 e. The van der Waals surface area contributed by atoms with Gasteiger partial charge in [-0.25, -0.2) is 18.1 Å². The van der Waals surface area contributed by atoms with Crippen molar-refractivity contribution in [2.45, 2.75) is 73.9 Å². The van der Waals surface area contributed by atoms with Crippen molar-refractivity contribution in [3.8, 4) is 5.82 Å². The van der Waals surface area contributed by atoms with Crippen LogP contribution in [-0.2, 0) is 31.0 Å². The van der Waals surface area contributed by atoms with Crippen LogP contribution < -0.4 is 5.56 Å². The number of H-pyrrole nitrogens is 1. The van der Waals surface area contributed by atoms with Gasteiger partial charge in [0.2, 0.25) is 10.0 Å². The fourth-order valence-corrected chi connectivity index (χ4v) is 7.39. The maximum Gasteiger partial charge on any atom is 0.276 e. The number of aromatic nitrogens is 3. The topological polar surface area (TPSA) is 107 Å². The lowest BCUT2D eigenvalue weighted by Gasteiger charge is -2.30. The summed E-state index contributed by atoms with van der Waals surface area (Å²) in [6.07, 6.45) is 4.73. The third kappa shape index (κ3) is 4.05. The summed E-state index contributed by atoms with van der Waals surface area (Å²) < 4.78 is 41.7. The molecule has 2 fully saturated rings. The second-order valence-corrected chi connectivity index (χ2v) is 11.9. The molecule has 32 heavy (non-hydrogen) atoms. The molecule has 1 saturated heterocycles. The minimum absolute atomic E-state index is 0.0570. The van der Waals surface area contributed by atoms with Gasteiger partial charge >= 0.3 is 0 Å². The van der Waals surface area contributed by atoms with Gasteiger partial charge in [0.1, 0.15) is 4.90 Å². The number of aromatic amines is 1. The van der Waals surface area contributed by atoms with Gasteiger partial charge in [0.25, 0.3) is 5.56 Å². The summed E-state index contributed by atoms with van der Waals surface area (Å²) in [5, 5.41) is 3.09. The van der Waals surface area contributed by atoms with E-state index < -0.39 is 15.8 Å². The van der Waals surface area contributed by atoms with E-state index in [9.17, 15) is 13.2 Å². The van der Waals surface area contributed by atoms with Crippen LogP contribution in [0.15, 0.2) is 28.0 Å². The monoisotopic (exact) mass is 480 g/mol. The Morgan fingerprint density at radius 1 is 1.28 bits per heavy atom. The maximum absolute atomic E-state index is 13.6. The molecule has 1 saturated carbocycles. The molecule has 0 radical (unpaired) electrons. The lowest BCUT2D eigenvalue weighted by molar-refractivity contribution is -0.139. The lowest BCUT2D eigenvalue weighted by atomic mass is 10.2. The van der Waals surface area contributed by atoms with E-state index in [1.807, 2.05) is 13.8 Å². The van der Waals surface area contributed by atoms with Crippen molar-refractivity contribution in [2.24, 2.45) is 0 Å². The molecule has 0 bridgehead atoms. The second-order valence-electron chi connectivity index (χ2n) is 9.02. The zero-order chi connectivity index (χ0) is 22.5. The highest BCUT2D eigenvalue weighted by Gasteiger charge is 2.40. The summed E-state index contributed by atoms with van der Waals surface area (Å²) in [4.78, 5) is 17.0. The Morgan fingerprint density at radius 2 is 2.06 bits per heavy atom. The number of nitrogens with zero attached hydrogens (tertiary/aromatic N) is 3. The number of nitrogens with one attached hydrogen (secondary N) is 1. The normalized spacial score (nSPS) is 23.3. The van der Waals surface area contributed by atoms with Crippen LogP contribution in [0.3, 0.4) is 0 Å². The van der Waals surface area contributed by atoms with E-state index in [-0.39, 0.29) is 29.1 Å². The van der Waals surface area contributed by atoms with E-state index in [1.165, 1.54) is 16.9 Å². The van der Waals surface area contributed by atoms with Crippen molar-refractivity contribution in [3.63, 3.8) is 0 Å². The van der Waals surface area contributed by atoms with Gasteiger partial charge < -0.3 is 9.47 Å². The summed E-state index contributed by atoms with van der Waals surface area (Å²) in [6, 6.07) is 3.06. The third-order valence-corrected chi connectivity index (χ3v) is 9.19. The van der Waals surface area contributed by atoms with Gasteiger partial charge in [-0.3, -0.25) is 9.89 Å². The van der Waals surface area contributed by atoms with E-state index in [0.29, 0.717) is 18.2 Å². The van der Waals surface area contributed by atoms with Crippen LogP contribution in [0.2, 0.25) is 0 Å². The first-order valence-corrected chi connectivity index (χ1v) is 13.5. The molecular weight excluding hydrogens is 452 g/mol. The highest BCUT2D eigenvalue weighted by atomic mass is 32.2. The number of pyridine rings is 1. The van der Waals surface area contributed by atoms with Crippen LogP contribution in [0.25, 0.3) is 5.82 Å². The molecule has 2 aliphatic heterocycles. The van der Waals surface area contributed by atoms with Crippen molar-refractivity contribution in [3.05, 3.63) is 39.9 Å². The van der Waals surface area contributed by atoms with Crippen molar-refractivity contribution in [2.75, 3.05) is 13.2 Å². The molecule has 5 rings (SSSR count). The van der Waals surface area contributed by atoms with E-state index >= 15 is 0 Å².